The number of para-hydroxylation sites is 2. The van der Waals surface area contributed by atoms with Gasteiger partial charge in [-0.2, -0.15) is 0 Å². The summed E-state index contributed by atoms with van der Waals surface area (Å²) in [5, 5.41) is 5.69. The molecule has 4 rings (SSSR count). The van der Waals surface area contributed by atoms with Crippen molar-refractivity contribution in [2.24, 2.45) is 5.92 Å². The largest absolute Gasteiger partial charge is 0.325 e. The van der Waals surface area contributed by atoms with E-state index in [1.165, 1.54) is 4.90 Å². The van der Waals surface area contributed by atoms with Crippen molar-refractivity contribution >= 4 is 35.1 Å². The highest BCUT2D eigenvalue weighted by Gasteiger charge is 2.55. The van der Waals surface area contributed by atoms with Crippen LogP contribution in [0, 0.1) is 5.92 Å². The molecule has 2 N–H and O–H groups in total. The number of carbonyl (C=O) groups is 4. The molecule has 0 unspecified atom stereocenters. The van der Waals surface area contributed by atoms with E-state index in [4.69, 9.17) is 0 Å². The molecule has 1 aromatic carbocycles. The van der Waals surface area contributed by atoms with Crippen molar-refractivity contribution in [3.63, 3.8) is 0 Å². The minimum absolute atomic E-state index is 0.0347. The zero-order valence-corrected chi connectivity index (χ0v) is 16.7. The Balaban J connectivity index is 1.60. The van der Waals surface area contributed by atoms with Crippen molar-refractivity contribution in [2.45, 2.75) is 57.5 Å². The van der Waals surface area contributed by atoms with E-state index in [2.05, 4.69) is 10.6 Å². The van der Waals surface area contributed by atoms with E-state index in [0.717, 1.165) is 24.2 Å². The molecule has 0 radical (unpaired) electrons. The molecule has 3 atom stereocenters. The van der Waals surface area contributed by atoms with Crippen molar-refractivity contribution in [1.82, 2.24) is 10.2 Å². The Hall–Kier alpha value is -2.90. The Morgan fingerprint density at radius 1 is 1.17 bits per heavy atom. The van der Waals surface area contributed by atoms with Crippen LogP contribution in [0.15, 0.2) is 24.3 Å². The number of anilines is 2. The first-order valence-electron chi connectivity index (χ1n) is 10.2. The van der Waals surface area contributed by atoms with Gasteiger partial charge >= 0.3 is 6.03 Å². The Labute approximate surface area is 169 Å². The van der Waals surface area contributed by atoms with E-state index in [1.54, 1.807) is 31.2 Å². The lowest BCUT2D eigenvalue weighted by Crippen LogP contribution is -2.54. The van der Waals surface area contributed by atoms with Gasteiger partial charge in [0.05, 0.1) is 11.4 Å². The van der Waals surface area contributed by atoms with Gasteiger partial charge in [-0.1, -0.05) is 31.9 Å². The molecule has 8 heteroatoms. The molecule has 0 bridgehead atoms. The Bertz CT molecular complexity index is 885. The van der Waals surface area contributed by atoms with Crippen LogP contribution >= 0.6 is 0 Å². The Kier molecular flexibility index (Phi) is 4.80. The number of amides is 5. The quantitative estimate of drug-likeness (QED) is 0.747. The van der Waals surface area contributed by atoms with Gasteiger partial charge in [0.2, 0.25) is 11.8 Å². The third-order valence-electron chi connectivity index (χ3n) is 6.42. The van der Waals surface area contributed by atoms with Crippen LogP contribution in [0.2, 0.25) is 0 Å². The van der Waals surface area contributed by atoms with Gasteiger partial charge in [-0.25, -0.2) is 4.79 Å². The first-order valence-corrected chi connectivity index (χ1v) is 10.2. The molecule has 2 fully saturated rings. The Morgan fingerprint density at radius 2 is 1.93 bits per heavy atom. The summed E-state index contributed by atoms with van der Waals surface area (Å²) in [7, 11) is 0. The SMILES string of the molecule is C[C@H]1CC(=O)Nc2ccccc2N1C(=O)CN1C(=O)N[C@@]2(CCCC[C@@H]2C)C1=O. The maximum Gasteiger partial charge on any atom is 0.325 e. The van der Waals surface area contributed by atoms with Gasteiger partial charge in [0.1, 0.15) is 12.1 Å². The summed E-state index contributed by atoms with van der Waals surface area (Å²) in [5.74, 6) is -0.837. The molecule has 1 saturated heterocycles. The van der Waals surface area contributed by atoms with Crippen LogP contribution in [0.1, 0.15) is 46.0 Å². The first kappa shape index (κ1) is 19.4. The summed E-state index contributed by atoms with van der Waals surface area (Å²) in [6.07, 6.45) is 3.53. The average molecular weight is 398 g/mol. The zero-order valence-electron chi connectivity index (χ0n) is 16.7. The number of rotatable bonds is 2. The minimum atomic E-state index is -0.893. The molecule has 0 aromatic heterocycles. The first-order chi connectivity index (χ1) is 13.8. The van der Waals surface area contributed by atoms with Gasteiger partial charge in [0.15, 0.2) is 0 Å². The van der Waals surface area contributed by atoms with Crippen LogP contribution in [0.5, 0.6) is 0 Å². The number of imide groups is 1. The summed E-state index contributed by atoms with van der Waals surface area (Å²) in [6.45, 7) is 3.43. The fourth-order valence-corrected chi connectivity index (χ4v) is 4.82. The van der Waals surface area contributed by atoms with Gasteiger partial charge < -0.3 is 15.5 Å². The molecule has 1 saturated carbocycles. The molecule has 3 aliphatic rings. The van der Waals surface area contributed by atoms with Crippen LogP contribution < -0.4 is 15.5 Å². The van der Waals surface area contributed by atoms with Crippen LogP contribution in [0.4, 0.5) is 16.2 Å². The fourth-order valence-electron chi connectivity index (χ4n) is 4.82. The van der Waals surface area contributed by atoms with Crippen LogP contribution in [-0.2, 0) is 14.4 Å². The zero-order chi connectivity index (χ0) is 20.8. The highest BCUT2D eigenvalue weighted by atomic mass is 16.2. The highest BCUT2D eigenvalue weighted by Crippen LogP contribution is 2.38. The third kappa shape index (κ3) is 3.16. The molecule has 2 aliphatic heterocycles. The molecule has 29 heavy (non-hydrogen) atoms. The number of nitrogens with zero attached hydrogens (tertiary/aromatic N) is 2. The van der Waals surface area contributed by atoms with E-state index in [1.807, 2.05) is 6.92 Å². The number of hydrogen-bond donors (Lipinski definition) is 2. The van der Waals surface area contributed by atoms with Crippen LogP contribution in [-0.4, -0.2) is 46.8 Å². The number of carbonyl (C=O) groups excluding carboxylic acids is 4. The molecule has 5 amide bonds. The number of nitrogens with one attached hydrogen (secondary N) is 2. The molecular formula is C21H26N4O4. The number of fused-ring (bicyclic) bond motifs is 1. The predicted molar refractivity (Wildman–Crippen MR) is 107 cm³/mol. The number of urea groups is 1. The monoisotopic (exact) mass is 398 g/mol. The summed E-state index contributed by atoms with van der Waals surface area (Å²) in [4.78, 5) is 53.7. The van der Waals surface area contributed by atoms with Gasteiger partial charge in [-0.15, -0.1) is 0 Å². The van der Waals surface area contributed by atoms with E-state index in [0.29, 0.717) is 17.8 Å². The average Bonchev–Trinajstić information content (AvgIpc) is 2.82. The van der Waals surface area contributed by atoms with Crippen molar-refractivity contribution < 1.29 is 19.2 Å². The minimum Gasteiger partial charge on any atom is -0.324 e. The lowest BCUT2D eigenvalue weighted by atomic mass is 9.73. The Morgan fingerprint density at radius 3 is 2.69 bits per heavy atom. The summed E-state index contributed by atoms with van der Waals surface area (Å²) >= 11 is 0. The second-order valence-corrected chi connectivity index (χ2v) is 8.32. The van der Waals surface area contributed by atoms with Gasteiger partial charge in [0, 0.05) is 12.5 Å². The van der Waals surface area contributed by atoms with E-state index >= 15 is 0 Å². The van der Waals surface area contributed by atoms with Crippen molar-refractivity contribution in [3.05, 3.63) is 24.3 Å². The van der Waals surface area contributed by atoms with Crippen LogP contribution in [0.25, 0.3) is 0 Å². The highest BCUT2D eigenvalue weighted by molar-refractivity contribution is 6.12. The second kappa shape index (κ2) is 7.17. The predicted octanol–water partition coefficient (Wildman–Crippen LogP) is 2.25. The topological polar surface area (TPSA) is 98.8 Å². The van der Waals surface area contributed by atoms with Gasteiger partial charge in [0.25, 0.3) is 5.91 Å². The number of hydrogen-bond acceptors (Lipinski definition) is 4. The molecule has 154 valence electrons. The molecule has 8 nitrogen and oxygen atoms in total. The summed E-state index contributed by atoms with van der Waals surface area (Å²) in [5.41, 5.74) is 0.226. The second-order valence-electron chi connectivity index (χ2n) is 8.32. The molecule has 1 spiro atoms. The van der Waals surface area contributed by atoms with Crippen molar-refractivity contribution in [1.29, 1.82) is 0 Å². The normalized spacial score (nSPS) is 29.4. The van der Waals surface area contributed by atoms with Crippen molar-refractivity contribution in [2.75, 3.05) is 16.8 Å². The van der Waals surface area contributed by atoms with E-state index in [-0.39, 0.29) is 36.6 Å². The van der Waals surface area contributed by atoms with Crippen LogP contribution in [0.3, 0.4) is 0 Å². The maximum atomic E-state index is 13.2. The lowest BCUT2D eigenvalue weighted by Gasteiger charge is -2.37. The number of benzene rings is 1. The summed E-state index contributed by atoms with van der Waals surface area (Å²) < 4.78 is 0. The molecular weight excluding hydrogens is 372 g/mol. The third-order valence-corrected chi connectivity index (χ3v) is 6.42. The smallest absolute Gasteiger partial charge is 0.324 e. The lowest BCUT2D eigenvalue weighted by molar-refractivity contribution is -0.137. The molecule has 1 aromatic rings. The van der Waals surface area contributed by atoms with E-state index < -0.39 is 17.6 Å². The maximum absolute atomic E-state index is 13.2. The van der Waals surface area contributed by atoms with Crippen molar-refractivity contribution in [3.8, 4) is 0 Å². The standard InChI is InChI=1S/C21H26N4O4/c1-13-7-5-6-10-21(13)19(28)24(20(29)23-21)12-18(27)25-14(2)11-17(26)22-15-8-3-4-9-16(15)25/h3-4,8-9,13-14H,5-7,10-12H2,1-2H3,(H,22,26)(H,23,29)/t13-,14-,21+/m0/s1. The van der Waals surface area contributed by atoms with Gasteiger partial charge in [-0.05, 0) is 37.8 Å². The molecule has 2 heterocycles. The van der Waals surface area contributed by atoms with E-state index in [9.17, 15) is 19.2 Å². The van der Waals surface area contributed by atoms with Gasteiger partial charge in [-0.3, -0.25) is 19.3 Å². The summed E-state index contributed by atoms with van der Waals surface area (Å²) in [6, 6.07) is 6.15. The molecule has 1 aliphatic carbocycles. The fraction of sp³-hybridized carbons (Fsp3) is 0.524.